The van der Waals surface area contributed by atoms with Crippen LogP contribution in [0.4, 0.5) is 5.69 Å². The minimum atomic E-state index is -0.338. The molecule has 2 aliphatic carbocycles. The van der Waals surface area contributed by atoms with Crippen molar-refractivity contribution in [2.24, 2.45) is 11.8 Å². The van der Waals surface area contributed by atoms with E-state index in [9.17, 15) is 4.79 Å². The standard InChI is InChI=1S/C17H22N2O2S/c1-10-3-5-13(16(20)21-2)9-14(10)18-17(22)19-15-8-11-4-6-12(15)7-11/h3,5,9,11-12,15H,4,6-8H2,1-2H3,(H2,18,19,22)/t11-,12-,15-/m1/s1. The summed E-state index contributed by atoms with van der Waals surface area (Å²) in [6, 6.07) is 5.95. The molecule has 2 aliphatic rings. The van der Waals surface area contributed by atoms with Crippen LogP contribution in [0.3, 0.4) is 0 Å². The second kappa shape index (κ2) is 6.24. The monoisotopic (exact) mass is 318 g/mol. The second-order valence-corrected chi connectivity index (χ2v) is 6.81. The highest BCUT2D eigenvalue weighted by atomic mass is 32.1. The zero-order chi connectivity index (χ0) is 15.7. The number of benzene rings is 1. The summed E-state index contributed by atoms with van der Waals surface area (Å²) in [7, 11) is 1.39. The Balaban J connectivity index is 1.64. The number of aryl methyl sites for hydroxylation is 1. The molecule has 1 aromatic carbocycles. The molecule has 0 heterocycles. The van der Waals surface area contributed by atoms with E-state index in [4.69, 9.17) is 17.0 Å². The Labute approximate surface area is 136 Å². The van der Waals surface area contributed by atoms with Crippen LogP contribution in [0.15, 0.2) is 18.2 Å². The van der Waals surface area contributed by atoms with E-state index in [-0.39, 0.29) is 5.97 Å². The summed E-state index contributed by atoms with van der Waals surface area (Å²) in [5.74, 6) is 1.32. The van der Waals surface area contributed by atoms with Gasteiger partial charge in [-0.1, -0.05) is 12.5 Å². The van der Waals surface area contributed by atoms with E-state index in [1.807, 2.05) is 13.0 Å². The number of hydrogen-bond acceptors (Lipinski definition) is 3. The lowest BCUT2D eigenvalue weighted by molar-refractivity contribution is 0.0601. The molecule has 4 nitrogen and oxygen atoms in total. The van der Waals surface area contributed by atoms with Crippen LogP contribution in [-0.4, -0.2) is 24.2 Å². The molecule has 0 radical (unpaired) electrons. The number of rotatable bonds is 3. The first-order valence-corrected chi connectivity index (χ1v) is 8.24. The number of thiocarbonyl (C=S) groups is 1. The zero-order valence-corrected chi connectivity index (χ0v) is 13.8. The number of carbonyl (C=O) groups excluding carboxylic acids is 1. The van der Waals surface area contributed by atoms with Crippen LogP contribution in [0.2, 0.25) is 0 Å². The molecular formula is C17H22N2O2S. The van der Waals surface area contributed by atoms with Crippen molar-refractivity contribution in [3.8, 4) is 0 Å². The average Bonchev–Trinajstić information content (AvgIpc) is 3.11. The SMILES string of the molecule is COC(=O)c1ccc(C)c(NC(=S)N[C@@H]2C[C@@H]3CC[C@@H]2C3)c1. The Morgan fingerprint density at radius 2 is 2.14 bits per heavy atom. The second-order valence-electron chi connectivity index (χ2n) is 6.40. The van der Waals surface area contributed by atoms with E-state index in [1.165, 1.54) is 32.8 Å². The Kier molecular flexibility index (Phi) is 4.34. The maximum absolute atomic E-state index is 11.6. The topological polar surface area (TPSA) is 50.4 Å². The first kappa shape index (κ1) is 15.3. The van der Waals surface area contributed by atoms with Gasteiger partial charge in [0.15, 0.2) is 5.11 Å². The fourth-order valence-corrected chi connectivity index (χ4v) is 4.01. The van der Waals surface area contributed by atoms with Crippen LogP contribution in [-0.2, 0) is 4.74 Å². The van der Waals surface area contributed by atoms with Crippen LogP contribution in [0.25, 0.3) is 0 Å². The number of anilines is 1. The molecule has 0 unspecified atom stereocenters. The minimum Gasteiger partial charge on any atom is -0.465 e. The zero-order valence-electron chi connectivity index (χ0n) is 13.0. The van der Waals surface area contributed by atoms with Crippen LogP contribution < -0.4 is 10.6 Å². The molecule has 118 valence electrons. The van der Waals surface area contributed by atoms with Gasteiger partial charge in [0.05, 0.1) is 12.7 Å². The molecule has 3 rings (SSSR count). The molecule has 0 saturated heterocycles. The Morgan fingerprint density at radius 3 is 2.77 bits per heavy atom. The van der Waals surface area contributed by atoms with Gasteiger partial charge in [0.2, 0.25) is 0 Å². The van der Waals surface area contributed by atoms with Crippen LogP contribution in [0.1, 0.15) is 41.6 Å². The molecule has 2 saturated carbocycles. The van der Waals surface area contributed by atoms with Gasteiger partial charge in [0.25, 0.3) is 0 Å². The number of nitrogens with one attached hydrogen (secondary N) is 2. The molecule has 5 heteroatoms. The summed E-state index contributed by atoms with van der Waals surface area (Å²) in [6.45, 7) is 1.99. The number of methoxy groups -OCH3 is 1. The average molecular weight is 318 g/mol. The predicted molar refractivity (Wildman–Crippen MR) is 91.1 cm³/mol. The van der Waals surface area contributed by atoms with E-state index in [0.29, 0.717) is 16.7 Å². The number of carbonyl (C=O) groups is 1. The van der Waals surface area contributed by atoms with Crippen LogP contribution >= 0.6 is 12.2 Å². The molecule has 2 bridgehead atoms. The number of ether oxygens (including phenoxy) is 1. The third kappa shape index (κ3) is 3.09. The summed E-state index contributed by atoms with van der Waals surface area (Å²) < 4.78 is 4.76. The molecule has 1 aromatic rings. The highest BCUT2D eigenvalue weighted by molar-refractivity contribution is 7.80. The van der Waals surface area contributed by atoms with E-state index in [0.717, 1.165) is 23.1 Å². The van der Waals surface area contributed by atoms with Crippen molar-refractivity contribution < 1.29 is 9.53 Å². The van der Waals surface area contributed by atoms with Crippen LogP contribution in [0.5, 0.6) is 0 Å². The van der Waals surface area contributed by atoms with Gasteiger partial charge in [-0.3, -0.25) is 0 Å². The Bertz CT molecular complexity index is 602. The molecule has 0 spiro atoms. The van der Waals surface area contributed by atoms with Gasteiger partial charge in [-0.25, -0.2) is 4.79 Å². The van der Waals surface area contributed by atoms with E-state index < -0.39 is 0 Å². The highest BCUT2D eigenvalue weighted by Gasteiger charge is 2.39. The molecule has 2 fully saturated rings. The van der Waals surface area contributed by atoms with Crippen molar-refractivity contribution in [3.63, 3.8) is 0 Å². The van der Waals surface area contributed by atoms with E-state index in [2.05, 4.69) is 10.6 Å². The van der Waals surface area contributed by atoms with Crippen molar-refractivity contribution in [1.82, 2.24) is 5.32 Å². The van der Waals surface area contributed by atoms with Crippen LogP contribution in [0, 0.1) is 18.8 Å². The maximum atomic E-state index is 11.6. The van der Waals surface area contributed by atoms with Crippen molar-refractivity contribution in [3.05, 3.63) is 29.3 Å². The normalized spacial score (nSPS) is 25.8. The Morgan fingerprint density at radius 1 is 1.32 bits per heavy atom. The summed E-state index contributed by atoms with van der Waals surface area (Å²) >= 11 is 5.45. The first-order chi connectivity index (χ1) is 10.6. The van der Waals surface area contributed by atoms with Gasteiger partial charge in [-0.15, -0.1) is 0 Å². The van der Waals surface area contributed by atoms with E-state index in [1.54, 1.807) is 12.1 Å². The molecule has 3 atom stereocenters. The van der Waals surface area contributed by atoms with Crippen molar-refractivity contribution in [2.75, 3.05) is 12.4 Å². The summed E-state index contributed by atoms with van der Waals surface area (Å²) in [5, 5.41) is 7.32. The molecule has 0 aromatic heterocycles. The molecule has 22 heavy (non-hydrogen) atoms. The van der Waals surface area contributed by atoms with Gasteiger partial charge in [-0.2, -0.15) is 0 Å². The first-order valence-electron chi connectivity index (χ1n) is 7.83. The quantitative estimate of drug-likeness (QED) is 0.662. The van der Waals surface area contributed by atoms with Gasteiger partial charge < -0.3 is 15.4 Å². The third-order valence-electron chi connectivity index (χ3n) is 4.96. The number of esters is 1. The maximum Gasteiger partial charge on any atom is 0.337 e. The fraction of sp³-hybridized carbons (Fsp3) is 0.529. The van der Waals surface area contributed by atoms with Crippen molar-refractivity contribution in [1.29, 1.82) is 0 Å². The lowest BCUT2D eigenvalue weighted by atomic mass is 9.95. The molecular weight excluding hydrogens is 296 g/mol. The Hall–Kier alpha value is -1.62. The van der Waals surface area contributed by atoms with Crippen molar-refractivity contribution in [2.45, 2.75) is 38.6 Å². The number of hydrogen-bond donors (Lipinski definition) is 2. The smallest absolute Gasteiger partial charge is 0.337 e. The van der Waals surface area contributed by atoms with Gasteiger partial charge in [0.1, 0.15) is 0 Å². The van der Waals surface area contributed by atoms with E-state index >= 15 is 0 Å². The lowest BCUT2D eigenvalue weighted by Gasteiger charge is -2.25. The lowest BCUT2D eigenvalue weighted by Crippen LogP contribution is -2.40. The third-order valence-corrected chi connectivity index (χ3v) is 5.18. The molecule has 0 amide bonds. The fourth-order valence-electron chi connectivity index (χ4n) is 3.75. The minimum absolute atomic E-state index is 0.338. The van der Waals surface area contributed by atoms with Crippen molar-refractivity contribution >= 4 is 29.0 Å². The molecule has 2 N–H and O–H groups in total. The van der Waals surface area contributed by atoms with Gasteiger partial charge >= 0.3 is 5.97 Å². The summed E-state index contributed by atoms with van der Waals surface area (Å²) in [5.41, 5.74) is 2.42. The summed E-state index contributed by atoms with van der Waals surface area (Å²) in [6.07, 6.45) is 5.27. The number of fused-ring (bicyclic) bond motifs is 2. The van der Waals surface area contributed by atoms with Gasteiger partial charge in [-0.05, 0) is 67.9 Å². The largest absolute Gasteiger partial charge is 0.465 e. The molecule has 0 aliphatic heterocycles. The summed E-state index contributed by atoms with van der Waals surface area (Å²) in [4.78, 5) is 11.6. The van der Waals surface area contributed by atoms with Gasteiger partial charge in [0, 0.05) is 11.7 Å². The predicted octanol–water partition coefficient (Wildman–Crippen LogP) is 3.26. The highest BCUT2D eigenvalue weighted by Crippen LogP contribution is 2.44.